The first-order valence-electron chi connectivity index (χ1n) is 7.34. The third kappa shape index (κ3) is 3.54. The van der Waals surface area contributed by atoms with Crippen LogP contribution in [0.1, 0.15) is 26.6 Å². The van der Waals surface area contributed by atoms with Gasteiger partial charge < -0.3 is 4.74 Å². The van der Waals surface area contributed by atoms with Gasteiger partial charge in [0.2, 0.25) is 0 Å². The van der Waals surface area contributed by atoms with Gasteiger partial charge >= 0.3 is 0 Å². The molecular weight excluding hydrogens is 256 g/mol. The standard InChI is InChI=1S/C13H26N6O/c1-4-19-13(15-9-16-19)7-11(17-14)12-8-18(10(2)3)5-6-20-12/h9-12,17H,4-8,14H2,1-3H3. The predicted octanol–water partition coefficient (Wildman–Crippen LogP) is -0.218. The van der Waals surface area contributed by atoms with Gasteiger partial charge in [-0.1, -0.05) is 0 Å². The summed E-state index contributed by atoms with van der Waals surface area (Å²) in [4.78, 5) is 6.73. The van der Waals surface area contributed by atoms with E-state index >= 15 is 0 Å². The minimum Gasteiger partial charge on any atom is -0.374 e. The van der Waals surface area contributed by atoms with Crippen LogP contribution in [0.3, 0.4) is 0 Å². The normalized spacial score (nSPS) is 22.4. The molecular formula is C13H26N6O. The molecule has 0 aliphatic carbocycles. The molecule has 7 heteroatoms. The molecule has 3 N–H and O–H groups in total. The zero-order chi connectivity index (χ0) is 14.5. The number of aromatic nitrogens is 3. The molecule has 20 heavy (non-hydrogen) atoms. The maximum Gasteiger partial charge on any atom is 0.138 e. The molecule has 2 rings (SSSR count). The zero-order valence-corrected chi connectivity index (χ0v) is 12.6. The van der Waals surface area contributed by atoms with Gasteiger partial charge in [0.1, 0.15) is 12.2 Å². The molecule has 0 aromatic carbocycles. The van der Waals surface area contributed by atoms with Crippen molar-refractivity contribution in [2.24, 2.45) is 5.84 Å². The van der Waals surface area contributed by atoms with Gasteiger partial charge in [-0.05, 0) is 20.8 Å². The lowest BCUT2D eigenvalue weighted by molar-refractivity contribution is -0.0556. The van der Waals surface area contributed by atoms with Crippen LogP contribution in [-0.2, 0) is 17.7 Å². The molecule has 1 aromatic heterocycles. The summed E-state index contributed by atoms with van der Waals surface area (Å²) in [7, 11) is 0. The third-order valence-corrected chi connectivity index (χ3v) is 3.92. The lowest BCUT2D eigenvalue weighted by Crippen LogP contribution is -2.56. The average Bonchev–Trinajstić information content (AvgIpc) is 2.92. The highest BCUT2D eigenvalue weighted by Crippen LogP contribution is 2.14. The van der Waals surface area contributed by atoms with Crippen molar-refractivity contribution in [1.29, 1.82) is 0 Å². The van der Waals surface area contributed by atoms with E-state index in [0.717, 1.165) is 38.5 Å². The van der Waals surface area contributed by atoms with Crippen molar-refractivity contribution in [1.82, 2.24) is 25.1 Å². The van der Waals surface area contributed by atoms with E-state index in [1.54, 1.807) is 6.33 Å². The number of morpholine rings is 1. The maximum absolute atomic E-state index is 5.89. The lowest BCUT2D eigenvalue weighted by atomic mass is 10.0. The number of ether oxygens (including phenoxy) is 1. The number of hydrogen-bond acceptors (Lipinski definition) is 6. The highest BCUT2D eigenvalue weighted by Gasteiger charge is 2.29. The summed E-state index contributed by atoms with van der Waals surface area (Å²) in [5.41, 5.74) is 2.89. The van der Waals surface area contributed by atoms with Gasteiger partial charge in [-0.3, -0.25) is 20.9 Å². The average molecular weight is 282 g/mol. The molecule has 0 radical (unpaired) electrons. The number of hydrazine groups is 1. The second kappa shape index (κ2) is 7.12. The Bertz CT molecular complexity index is 407. The molecule has 2 heterocycles. The first-order chi connectivity index (χ1) is 9.65. The Balaban J connectivity index is 2.00. The van der Waals surface area contributed by atoms with Crippen LogP contribution in [0, 0.1) is 0 Å². The van der Waals surface area contributed by atoms with E-state index in [2.05, 4.69) is 41.2 Å². The molecule has 2 unspecified atom stereocenters. The fraction of sp³-hybridized carbons (Fsp3) is 0.846. The van der Waals surface area contributed by atoms with Crippen LogP contribution < -0.4 is 11.3 Å². The van der Waals surface area contributed by atoms with Crippen molar-refractivity contribution in [2.75, 3.05) is 19.7 Å². The quantitative estimate of drug-likeness (QED) is 0.555. The van der Waals surface area contributed by atoms with E-state index in [1.165, 1.54) is 0 Å². The van der Waals surface area contributed by atoms with E-state index in [4.69, 9.17) is 10.6 Å². The Labute approximate surface area is 120 Å². The van der Waals surface area contributed by atoms with Crippen LogP contribution in [0.4, 0.5) is 0 Å². The summed E-state index contributed by atoms with van der Waals surface area (Å²) >= 11 is 0. The van der Waals surface area contributed by atoms with Crippen molar-refractivity contribution in [2.45, 2.75) is 51.9 Å². The Morgan fingerprint density at radius 3 is 3.00 bits per heavy atom. The van der Waals surface area contributed by atoms with E-state index in [9.17, 15) is 0 Å². The molecule has 2 atom stereocenters. The fourth-order valence-electron chi connectivity index (χ4n) is 2.61. The molecule has 114 valence electrons. The second-order valence-electron chi connectivity index (χ2n) is 5.47. The van der Waals surface area contributed by atoms with Crippen molar-refractivity contribution in [3.8, 4) is 0 Å². The van der Waals surface area contributed by atoms with Crippen LogP contribution in [0.5, 0.6) is 0 Å². The summed E-state index contributed by atoms with van der Waals surface area (Å²) in [5.74, 6) is 6.67. The minimum absolute atomic E-state index is 0.0473. The molecule has 1 aliphatic heterocycles. The van der Waals surface area contributed by atoms with Crippen LogP contribution >= 0.6 is 0 Å². The van der Waals surface area contributed by atoms with Gasteiger partial charge in [-0.25, -0.2) is 4.98 Å². The largest absolute Gasteiger partial charge is 0.374 e. The summed E-state index contributed by atoms with van der Waals surface area (Å²) in [6, 6.07) is 0.574. The smallest absolute Gasteiger partial charge is 0.138 e. The maximum atomic E-state index is 5.89. The van der Waals surface area contributed by atoms with Crippen LogP contribution in [0.2, 0.25) is 0 Å². The highest BCUT2D eigenvalue weighted by molar-refractivity contribution is 4.94. The zero-order valence-electron chi connectivity index (χ0n) is 12.6. The highest BCUT2D eigenvalue weighted by atomic mass is 16.5. The molecule has 1 aliphatic rings. The number of nitrogens with two attached hydrogens (primary N) is 1. The SMILES string of the molecule is CCn1ncnc1CC(NN)C1CN(C(C)C)CCO1. The topological polar surface area (TPSA) is 81.2 Å². The van der Waals surface area contributed by atoms with Gasteiger partial charge in [0.05, 0.1) is 18.8 Å². The number of nitrogens with one attached hydrogen (secondary N) is 1. The molecule has 0 amide bonds. The van der Waals surface area contributed by atoms with E-state index < -0.39 is 0 Å². The summed E-state index contributed by atoms with van der Waals surface area (Å²) in [6.07, 6.45) is 2.40. The monoisotopic (exact) mass is 282 g/mol. The Morgan fingerprint density at radius 2 is 2.35 bits per heavy atom. The first kappa shape index (κ1) is 15.4. The van der Waals surface area contributed by atoms with Gasteiger partial charge in [-0.2, -0.15) is 5.10 Å². The molecule has 0 bridgehead atoms. The van der Waals surface area contributed by atoms with Gasteiger partial charge in [0.15, 0.2) is 0 Å². The van der Waals surface area contributed by atoms with Gasteiger partial charge in [-0.15, -0.1) is 0 Å². The van der Waals surface area contributed by atoms with Gasteiger partial charge in [0.25, 0.3) is 0 Å². The Hall–Kier alpha value is -1.02. The molecule has 7 nitrogen and oxygen atoms in total. The molecule has 0 spiro atoms. The molecule has 1 fully saturated rings. The lowest BCUT2D eigenvalue weighted by Gasteiger charge is -2.38. The predicted molar refractivity (Wildman–Crippen MR) is 77.0 cm³/mol. The minimum atomic E-state index is 0.0473. The van der Waals surface area contributed by atoms with Crippen LogP contribution in [0.25, 0.3) is 0 Å². The van der Waals surface area contributed by atoms with E-state index in [1.807, 2.05) is 4.68 Å². The molecule has 1 aromatic rings. The van der Waals surface area contributed by atoms with Crippen molar-refractivity contribution >= 4 is 0 Å². The van der Waals surface area contributed by atoms with E-state index in [-0.39, 0.29) is 12.1 Å². The van der Waals surface area contributed by atoms with Crippen molar-refractivity contribution in [3.63, 3.8) is 0 Å². The number of hydrogen-bond donors (Lipinski definition) is 2. The van der Waals surface area contributed by atoms with Crippen molar-refractivity contribution in [3.05, 3.63) is 12.2 Å². The van der Waals surface area contributed by atoms with Crippen LogP contribution in [0.15, 0.2) is 6.33 Å². The Morgan fingerprint density at radius 1 is 1.55 bits per heavy atom. The van der Waals surface area contributed by atoms with Crippen LogP contribution in [-0.4, -0.2) is 57.5 Å². The summed E-state index contributed by atoms with van der Waals surface area (Å²) < 4.78 is 7.79. The summed E-state index contributed by atoms with van der Waals surface area (Å²) in [6.45, 7) is 9.92. The Kier molecular flexibility index (Phi) is 5.47. The summed E-state index contributed by atoms with van der Waals surface area (Å²) in [5, 5.41) is 4.20. The number of nitrogens with zero attached hydrogens (tertiary/aromatic N) is 4. The van der Waals surface area contributed by atoms with Gasteiger partial charge in [0, 0.05) is 32.1 Å². The molecule has 0 saturated carbocycles. The van der Waals surface area contributed by atoms with Crippen molar-refractivity contribution < 1.29 is 4.74 Å². The van der Waals surface area contributed by atoms with E-state index in [0.29, 0.717) is 6.04 Å². The number of aryl methyl sites for hydroxylation is 1. The third-order valence-electron chi connectivity index (χ3n) is 3.92. The fourth-order valence-corrected chi connectivity index (χ4v) is 2.61. The second-order valence-corrected chi connectivity index (χ2v) is 5.47. The molecule has 1 saturated heterocycles. The first-order valence-corrected chi connectivity index (χ1v) is 7.34. The number of rotatable bonds is 6.